The van der Waals surface area contributed by atoms with E-state index in [2.05, 4.69) is 9.62 Å². The van der Waals surface area contributed by atoms with Crippen LogP contribution in [0.15, 0.2) is 0 Å². The third kappa shape index (κ3) is 6.04. The van der Waals surface area contributed by atoms with Gasteiger partial charge in [0.25, 0.3) is 0 Å². The molecule has 1 aliphatic rings. The minimum Gasteiger partial charge on any atom is -0.304 e. The highest BCUT2D eigenvalue weighted by Crippen LogP contribution is 2.06. The van der Waals surface area contributed by atoms with Crippen molar-refractivity contribution in [2.24, 2.45) is 0 Å². The van der Waals surface area contributed by atoms with Crippen LogP contribution in [-0.2, 0) is 20.0 Å². The SMILES string of the molecule is CCCCS(=O)(=O)NCCS(=O)(=O)N1CCN(C)CC1. The summed E-state index contributed by atoms with van der Waals surface area (Å²) in [6.07, 6.45) is 1.38. The van der Waals surface area contributed by atoms with Crippen LogP contribution in [0.25, 0.3) is 0 Å². The lowest BCUT2D eigenvalue weighted by Crippen LogP contribution is -2.48. The second kappa shape index (κ2) is 7.69. The minimum absolute atomic E-state index is 0.0536. The van der Waals surface area contributed by atoms with Gasteiger partial charge in [-0.25, -0.2) is 21.6 Å². The molecule has 0 bridgehead atoms. The number of likely N-dealkylation sites (N-methyl/N-ethyl adjacent to an activating group) is 1. The van der Waals surface area contributed by atoms with Crippen molar-refractivity contribution in [1.82, 2.24) is 13.9 Å². The summed E-state index contributed by atoms with van der Waals surface area (Å²) in [6.45, 7) is 4.22. The lowest BCUT2D eigenvalue weighted by atomic mass is 10.4. The average molecular weight is 327 g/mol. The molecule has 1 aliphatic heterocycles. The number of hydrogen-bond donors (Lipinski definition) is 1. The van der Waals surface area contributed by atoms with Crippen molar-refractivity contribution in [3.8, 4) is 0 Å². The van der Waals surface area contributed by atoms with Gasteiger partial charge in [-0.15, -0.1) is 0 Å². The molecule has 0 spiro atoms. The van der Waals surface area contributed by atoms with Gasteiger partial charge in [-0.05, 0) is 13.5 Å². The molecule has 0 amide bonds. The van der Waals surface area contributed by atoms with Crippen molar-refractivity contribution in [3.63, 3.8) is 0 Å². The lowest BCUT2D eigenvalue weighted by Gasteiger charge is -2.31. The van der Waals surface area contributed by atoms with E-state index >= 15 is 0 Å². The highest BCUT2D eigenvalue weighted by atomic mass is 32.2. The smallest absolute Gasteiger partial charge is 0.215 e. The van der Waals surface area contributed by atoms with Gasteiger partial charge in [-0.1, -0.05) is 13.3 Å². The van der Waals surface area contributed by atoms with Crippen LogP contribution in [0.2, 0.25) is 0 Å². The molecule has 120 valence electrons. The molecule has 0 aliphatic carbocycles. The number of hydrogen-bond acceptors (Lipinski definition) is 5. The fraction of sp³-hybridized carbons (Fsp3) is 1.00. The van der Waals surface area contributed by atoms with Crippen molar-refractivity contribution in [2.45, 2.75) is 19.8 Å². The molecule has 0 aromatic rings. The van der Waals surface area contributed by atoms with Crippen LogP contribution in [0, 0.1) is 0 Å². The summed E-state index contributed by atoms with van der Waals surface area (Å²) >= 11 is 0. The molecule has 1 heterocycles. The maximum atomic E-state index is 12.1. The number of nitrogens with zero attached hydrogens (tertiary/aromatic N) is 2. The predicted molar refractivity (Wildman–Crippen MR) is 79.6 cm³/mol. The Labute approximate surface area is 122 Å². The third-order valence-electron chi connectivity index (χ3n) is 3.30. The summed E-state index contributed by atoms with van der Waals surface area (Å²) in [5, 5.41) is 0. The van der Waals surface area contributed by atoms with E-state index < -0.39 is 20.0 Å². The third-order valence-corrected chi connectivity index (χ3v) is 6.65. The van der Waals surface area contributed by atoms with Crippen LogP contribution in [0.5, 0.6) is 0 Å². The zero-order valence-corrected chi connectivity index (χ0v) is 13.8. The summed E-state index contributed by atoms with van der Waals surface area (Å²) in [7, 11) is -4.77. The average Bonchev–Trinajstić information content (AvgIpc) is 2.36. The van der Waals surface area contributed by atoms with Gasteiger partial charge in [0.2, 0.25) is 20.0 Å². The summed E-state index contributed by atoms with van der Waals surface area (Å²) in [5.41, 5.74) is 0. The lowest BCUT2D eigenvalue weighted by molar-refractivity contribution is 0.222. The molecule has 1 N–H and O–H groups in total. The van der Waals surface area contributed by atoms with Crippen LogP contribution in [0.3, 0.4) is 0 Å². The summed E-state index contributed by atoms with van der Waals surface area (Å²) in [6, 6.07) is 0. The Morgan fingerprint density at radius 2 is 1.60 bits per heavy atom. The van der Waals surface area contributed by atoms with E-state index in [0.29, 0.717) is 32.6 Å². The number of sulfonamides is 2. The largest absolute Gasteiger partial charge is 0.304 e. The Morgan fingerprint density at radius 1 is 1.00 bits per heavy atom. The van der Waals surface area contributed by atoms with Crippen LogP contribution >= 0.6 is 0 Å². The van der Waals surface area contributed by atoms with E-state index in [9.17, 15) is 16.8 Å². The molecule has 20 heavy (non-hydrogen) atoms. The predicted octanol–water partition coefficient (Wildman–Crippen LogP) is -0.717. The van der Waals surface area contributed by atoms with E-state index in [1.165, 1.54) is 4.31 Å². The molecule has 0 atom stereocenters. The zero-order valence-electron chi connectivity index (χ0n) is 12.2. The summed E-state index contributed by atoms with van der Waals surface area (Å²) < 4.78 is 51.1. The van der Waals surface area contributed by atoms with Crippen LogP contribution in [0.4, 0.5) is 0 Å². The molecule has 0 aromatic heterocycles. The van der Waals surface area contributed by atoms with E-state index in [4.69, 9.17) is 0 Å². The van der Waals surface area contributed by atoms with Crippen molar-refractivity contribution in [1.29, 1.82) is 0 Å². The molecule has 0 aromatic carbocycles. The Bertz CT molecular complexity index is 482. The maximum absolute atomic E-state index is 12.1. The van der Waals surface area contributed by atoms with Gasteiger partial charge in [0.05, 0.1) is 11.5 Å². The van der Waals surface area contributed by atoms with Crippen LogP contribution in [0.1, 0.15) is 19.8 Å². The second-order valence-corrected chi connectivity index (χ2v) is 9.10. The first-order chi connectivity index (χ1) is 9.27. The first kappa shape index (κ1) is 17.8. The highest BCUT2D eigenvalue weighted by molar-refractivity contribution is 7.90. The molecular formula is C11H25N3O4S2. The maximum Gasteiger partial charge on any atom is 0.215 e. The number of piperazine rings is 1. The standard InChI is InChI=1S/C11H25N3O4S2/c1-3-4-10-19(15,16)12-5-11-20(17,18)14-8-6-13(2)7-9-14/h12H,3-11H2,1-2H3. The van der Waals surface area contributed by atoms with Crippen molar-refractivity contribution in [2.75, 3.05) is 51.3 Å². The Balaban J connectivity index is 2.40. The fourth-order valence-electron chi connectivity index (χ4n) is 1.93. The van der Waals surface area contributed by atoms with Crippen molar-refractivity contribution < 1.29 is 16.8 Å². The van der Waals surface area contributed by atoms with Gasteiger partial charge in [-0.3, -0.25) is 0 Å². The molecule has 1 saturated heterocycles. The second-order valence-electron chi connectivity index (χ2n) is 5.09. The molecule has 1 fully saturated rings. The van der Waals surface area contributed by atoms with Gasteiger partial charge in [0.15, 0.2) is 0 Å². The number of rotatable bonds is 8. The topological polar surface area (TPSA) is 86.8 Å². The summed E-state index contributed by atoms with van der Waals surface area (Å²) in [5.74, 6) is -0.125. The minimum atomic E-state index is -3.37. The quantitative estimate of drug-likeness (QED) is 0.636. The van der Waals surface area contributed by atoms with Gasteiger partial charge in [0.1, 0.15) is 0 Å². The fourth-order valence-corrected chi connectivity index (χ4v) is 4.62. The Hall–Kier alpha value is -0.220. The van der Waals surface area contributed by atoms with Crippen LogP contribution in [-0.4, -0.2) is 77.3 Å². The first-order valence-corrected chi connectivity index (χ1v) is 10.2. The molecule has 9 heteroatoms. The number of nitrogens with one attached hydrogen (secondary N) is 1. The molecular weight excluding hydrogens is 302 g/mol. The molecule has 7 nitrogen and oxygen atoms in total. The molecule has 0 saturated carbocycles. The van der Waals surface area contributed by atoms with Crippen LogP contribution < -0.4 is 4.72 Å². The Kier molecular flexibility index (Phi) is 6.86. The van der Waals surface area contributed by atoms with E-state index in [-0.39, 0.29) is 18.1 Å². The summed E-state index contributed by atoms with van der Waals surface area (Å²) in [4.78, 5) is 2.07. The van der Waals surface area contributed by atoms with Crippen molar-refractivity contribution in [3.05, 3.63) is 0 Å². The monoisotopic (exact) mass is 327 g/mol. The van der Waals surface area contributed by atoms with Gasteiger partial charge in [0, 0.05) is 32.7 Å². The van der Waals surface area contributed by atoms with Gasteiger partial charge < -0.3 is 4.90 Å². The first-order valence-electron chi connectivity index (χ1n) is 6.90. The van der Waals surface area contributed by atoms with E-state index in [1.54, 1.807) is 0 Å². The normalized spacial score (nSPS) is 19.3. The molecule has 1 rings (SSSR count). The van der Waals surface area contributed by atoms with Crippen molar-refractivity contribution >= 4 is 20.0 Å². The van der Waals surface area contributed by atoms with E-state index in [1.807, 2.05) is 14.0 Å². The number of unbranched alkanes of at least 4 members (excludes halogenated alkanes) is 1. The van der Waals surface area contributed by atoms with E-state index in [0.717, 1.165) is 6.42 Å². The van der Waals surface area contributed by atoms with Gasteiger partial charge in [-0.2, -0.15) is 4.31 Å². The van der Waals surface area contributed by atoms with Gasteiger partial charge >= 0.3 is 0 Å². The highest BCUT2D eigenvalue weighted by Gasteiger charge is 2.25. The zero-order chi connectivity index (χ0) is 15.2. The molecule has 0 radical (unpaired) electrons. The molecule has 0 unspecified atom stereocenters. The Morgan fingerprint density at radius 3 is 2.15 bits per heavy atom.